The summed E-state index contributed by atoms with van der Waals surface area (Å²) in [6, 6.07) is 7.76. The van der Waals surface area contributed by atoms with E-state index in [-0.39, 0.29) is 50.6 Å². The number of nitrogens with zero attached hydrogens (tertiary/aromatic N) is 5. The third-order valence-corrected chi connectivity index (χ3v) is 5.73. The van der Waals surface area contributed by atoms with Gasteiger partial charge in [0.25, 0.3) is 0 Å². The second-order valence-electron chi connectivity index (χ2n) is 8.56. The molecule has 0 radical (unpaired) electrons. The molecule has 0 aliphatic carbocycles. The highest BCUT2D eigenvalue weighted by molar-refractivity contribution is 5.78. The third-order valence-electron chi connectivity index (χ3n) is 5.73. The largest absolute Gasteiger partial charge is 0.465 e. The van der Waals surface area contributed by atoms with Crippen molar-refractivity contribution < 1.29 is 24.3 Å². The summed E-state index contributed by atoms with van der Waals surface area (Å²) in [5.41, 5.74) is 7.40. The number of unbranched alkanes of at least 4 members (excludes halogenated alkanes) is 1. The molecule has 1 aliphatic heterocycles. The highest BCUT2D eigenvalue weighted by Gasteiger charge is 2.29. The lowest BCUT2D eigenvalue weighted by Crippen LogP contribution is -2.32. The van der Waals surface area contributed by atoms with Gasteiger partial charge in [0.15, 0.2) is 0 Å². The Morgan fingerprint density at radius 3 is 2.69 bits per heavy atom. The van der Waals surface area contributed by atoms with Crippen molar-refractivity contribution in [2.45, 2.75) is 45.7 Å². The van der Waals surface area contributed by atoms with Crippen LogP contribution < -0.4 is 15.4 Å². The molecule has 3 N–H and O–H groups in total. The fraction of sp³-hybridized carbons (Fsp3) is 0.542. The van der Waals surface area contributed by atoms with Crippen LogP contribution in [0.25, 0.3) is 0 Å². The number of benzene rings is 1. The lowest BCUT2D eigenvalue weighted by atomic mass is 10.1. The van der Waals surface area contributed by atoms with Gasteiger partial charge in [-0.25, -0.2) is 0 Å². The van der Waals surface area contributed by atoms with Crippen molar-refractivity contribution in [3.8, 4) is 6.01 Å². The minimum absolute atomic E-state index is 0.0159. The van der Waals surface area contributed by atoms with Crippen LogP contribution in [0.2, 0.25) is 0 Å². The number of aliphatic hydroxyl groups excluding tert-OH is 1. The predicted octanol–water partition coefficient (Wildman–Crippen LogP) is 2.28. The van der Waals surface area contributed by atoms with E-state index < -0.39 is 16.6 Å². The Morgan fingerprint density at radius 1 is 1.25 bits per heavy atom. The fourth-order valence-corrected chi connectivity index (χ4v) is 4.09. The second-order valence-corrected chi connectivity index (χ2v) is 8.56. The van der Waals surface area contributed by atoms with E-state index in [1.807, 2.05) is 24.3 Å². The lowest BCUT2D eigenvalue weighted by Gasteiger charge is -2.24. The molecule has 2 heterocycles. The first kappa shape index (κ1) is 27.1. The molecule has 36 heavy (non-hydrogen) atoms. The van der Waals surface area contributed by atoms with Crippen molar-refractivity contribution in [2.75, 3.05) is 50.1 Å². The average molecular weight is 503 g/mol. The molecule has 0 atom stereocenters. The van der Waals surface area contributed by atoms with Crippen molar-refractivity contribution in [3.63, 3.8) is 0 Å². The van der Waals surface area contributed by atoms with Gasteiger partial charge in [-0.2, -0.15) is 9.97 Å². The van der Waals surface area contributed by atoms with Crippen molar-refractivity contribution in [1.29, 1.82) is 0 Å². The smallest absolute Gasteiger partial charge is 0.353 e. The van der Waals surface area contributed by atoms with E-state index in [9.17, 15) is 14.9 Å². The fourth-order valence-electron chi connectivity index (χ4n) is 4.09. The maximum atomic E-state index is 12.4. The number of esters is 1. The molecule has 0 saturated carbocycles. The van der Waals surface area contributed by atoms with E-state index in [1.165, 1.54) is 17.7 Å². The predicted molar refractivity (Wildman–Crippen MR) is 134 cm³/mol. The highest BCUT2D eigenvalue weighted by atomic mass is 16.6. The van der Waals surface area contributed by atoms with Crippen LogP contribution in [0.3, 0.4) is 0 Å². The second kappa shape index (κ2) is 13.5. The Kier molecular flexibility index (Phi) is 10.2. The molecule has 2 aromatic rings. The number of nitro groups is 1. The lowest BCUT2D eigenvalue weighted by molar-refractivity contribution is -0.383. The molecule has 1 saturated heterocycles. The van der Waals surface area contributed by atoms with Gasteiger partial charge in [0, 0.05) is 19.7 Å². The first-order chi connectivity index (χ1) is 17.4. The Labute approximate surface area is 210 Å². The number of carbonyl (C=O) groups excluding carboxylic acids is 1. The zero-order chi connectivity index (χ0) is 25.9. The van der Waals surface area contributed by atoms with Crippen LogP contribution in [0, 0.1) is 10.1 Å². The maximum Gasteiger partial charge on any atom is 0.353 e. The molecular formula is C24H34N6O6. The van der Waals surface area contributed by atoms with Crippen molar-refractivity contribution in [3.05, 3.63) is 45.5 Å². The Bertz CT molecular complexity index is 1030. The van der Waals surface area contributed by atoms with Gasteiger partial charge in [0.05, 0.1) is 18.1 Å². The van der Waals surface area contributed by atoms with Crippen LogP contribution in [-0.2, 0) is 22.6 Å². The first-order valence-corrected chi connectivity index (χ1v) is 12.2. The standard InChI is InChI=1S/C24H34N6O6/c1-2-35-20(32)17-29(16-19-9-7-8-18(14-19)15-28-10-3-4-11-28)23-21(30(33)34)22(25)26-24(27-23)36-13-6-5-12-31/h7-9,14,31H,2-6,10-13,15-17H2,1H3,(H2,25,26,27). The van der Waals surface area contributed by atoms with E-state index >= 15 is 0 Å². The van der Waals surface area contributed by atoms with Crippen LogP contribution in [0.15, 0.2) is 24.3 Å². The molecule has 0 spiro atoms. The highest BCUT2D eigenvalue weighted by Crippen LogP contribution is 2.33. The molecule has 1 aromatic carbocycles. The number of aliphatic hydroxyl groups is 1. The Balaban J connectivity index is 1.92. The Hall–Kier alpha value is -3.51. The summed E-state index contributed by atoms with van der Waals surface area (Å²) < 4.78 is 10.6. The maximum absolute atomic E-state index is 12.4. The van der Waals surface area contributed by atoms with Gasteiger partial charge in [-0.3, -0.25) is 19.8 Å². The molecule has 0 unspecified atom stereocenters. The molecule has 12 heteroatoms. The van der Waals surface area contributed by atoms with Gasteiger partial charge in [0.1, 0.15) is 6.54 Å². The number of nitrogens with two attached hydrogens (primary N) is 1. The summed E-state index contributed by atoms with van der Waals surface area (Å²) in [6.07, 6.45) is 3.45. The number of carbonyl (C=O) groups is 1. The van der Waals surface area contributed by atoms with Crippen LogP contribution in [0.1, 0.15) is 43.7 Å². The normalized spacial score (nSPS) is 13.5. The Morgan fingerprint density at radius 2 is 2.00 bits per heavy atom. The van der Waals surface area contributed by atoms with E-state index in [0.29, 0.717) is 12.8 Å². The van der Waals surface area contributed by atoms with Crippen LogP contribution >= 0.6 is 0 Å². The SMILES string of the molecule is CCOC(=O)CN(Cc1cccc(CN2CCCC2)c1)c1nc(OCCCCO)nc(N)c1[N+](=O)[O-]. The number of likely N-dealkylation sites (tertiary alicyclic amines) is 1. The summed E-state index contributed by atoms with van der Waals surface area (Å²) >= 11 is 0. The quantitative estimate of drug-likeness (QED) is 0.169. The topological polar surface area (TPSA) is 157 Å². The number of hydrogen-bond acceptors (Lipinski definition) is 11. The van der Waals surface area contributed by atoms with E-state index in [1.54, 1.807) is 6.92 Å². The minimum atomic E-state index is -0.665. The van der Waals surface area contributed by atoms with Gasteiger partial charge in [-0.1, -0.05) is 24.3 Å². The first-order valence-electron chi connectivity index (χ1n) is 12.2. The summed E-state index contributed by atoms with van der Waals surface area (Å²) in [6.45, 7) is 4.91. The number of aromatic nitrogens is 2. The van der Waals surface area contributed by atoms with Crippen LogP contribution in [-0.4, -0.2) is 70.3 Å². The molecule has 12 nitrogen and oxygen atoms in total. The van der Waals surface area contributed by atoms with Gasteiger partial charge in [0.2, 0.25) is 11.6 Å². The third kappa shape index (κ3) is 7.75. The van der Waals surface area contributed by atoms with E-state index in [4.69, 9.17) is 20.3 Å². The molecule has 1 aliphatic rings. The minimum Gasteiger partial charge on any atom is -0.465 e. The van der Waals surface area contributed by atoms with E-state index in [2.05, 4.69) is 14.9 Å². The number of rotatable bonds is 14. The molecule has 1 fully saturated rings. The van der Waals surface area contributed by atoms with Gasteiger partial charge in [-0.05, 0) is 56.8 Å². The molecule has 3 rings (SSSR count). The van der Waals surface area contributed by atoms with Gasteiger partial charge >= 0.3 is 17.7 Å². The van der Waals surface area contributed by atoms with Gasteiger partial charge in [-0.15, -0.1) is 0 Å². The van der Waals surface area contributed by atoms with Crippen LogP contribution in [0.5, 0.6) is 6.01 Å². The number of hydrogen-bond donors (Lipinski definition) is 2. The van der Waals surface area contributed by atoms with Crippen LogP contribution in [0.4, 0.5) is 17.3 Å². The van der Waals surface area contributed by atoms with Crippen molar-refractivity contribution in [2.24, 2.45) is 0 Å². The molecule has 0 amide bonds. The van der Waals surface area contributed by atoms with Crippen molar-refractivity contribution >= 4 is 23.3 Å². The zero-order valence-electron chi connectivity index (χ0n) is 20.6. The summed E-state index contributed by atoms with van der Waals surface area (Å²) in [5.74, 6) is -1.04. The monoisotopic (exact) mass is 502 g/mol. The number of ether oxygens (including phenoxy) is 2. The molecular weight excluding hydrogens is 468 g/mol. The summed E-state index contributed by atoms with van der Waals surface area (Å²) in [4.78, 5) is 35.7. The molecule has 1 aromatic heterocycles. The molecule has 0 bridgehead atoms. The summed E-state index contributed by atoms with van der Waals surface area (Å²) in [5, 5.41) is 20.9. The number of anilines is 2. The van der Waals surface area contributed by atoms with E-state index in [0.717, 1.165) is 30.8 Å². The average Bonchev–Trinajstić information content (AvgIpc) is 3.34. The zero-order valence-corrected chi connectivity index (χ0v) is 20.6. The molecule has 196 valence electrons. The number of nitrogen functional groups attached to an aromatic ring is 1. The van der Waals surface area contributed by atoms with Gasteiger partial charge < -0.3 is 25.2 Å². The van der Waals surface area contributed by atoms with Crippen molar-refractivity contribution in [1.82, 2.24) is 14.9 Å². The summed E-state index contributed by atoms with van der Waals surface area (Å²) in [7, 11) is 0.